The minimum atomic E-state index is -3.48. The van der Waals surface area contributed by atoms with E-state index in [0.717, 1.165) is 0 Å². The van der Waals surface area contributed by atoms with Gasteiger partial charge in [-0.25, -0.2) is 9.18 Å². The van der Waals surface area contributed by atoms with Gasteiger partial charge in [0.25, 0.3) is 10.1 Å². The summed E-state index contributed by atoms with van der Waals surface area (Å²) in [7, 11) is -3.48. The molecule has 1 aromatic carbocycles. The molecular formula is C16H20FN2O5SY-. The molecule has 0 bridgehead atoms. The fraction of sp³-hybridized carbons (Fsp3) is 0.500. The maximum atomic E-state index is 14.5. The molecule has 1 aromatic rings. The standard InChI is InChI=1S/C16H20FN2O5S.Y/c1-2-18-8-13-9-19(16(20)24-13)12-3-4-14(15(17)7-12)11-5-6-25(21,22)23-10-11;/h2-4,7,11,13,18H,5-6,8-10H2,1H3;/q-1;/t11?,13-;/m0./s1. The van der Waals surface area contributed by atoms with Crippen molar-refractivity contribution in [2.24, 2.45) is 0 Å². The zero-order chi connectivity index (χ0) is 18.0. The number of nitrogens with zero attached hydrogens (tertiary/aromatic N) is 1. The summed E-state index contributed by atoms with van der Waals surface area (Å²) in [5.41, 5.74) is 0.809. The summed E-state index contributed by atoms with van der Waals surface area (Å²) < 4.78 is 47.1. The van der Waals surface area contributed by atoms with Gasteiger partial charge < -0.3 is 10.1 Å². The van der Waals surface area contributed by atoms with E-state index in [1.165, 1.54) is 11.0 Å². The second-order valence-corrected chi connectivity index (χ2v) is 7.81. The van der Waals surface area contributed by atoms with Gasteiger partial charge in [-0.2, -0.15) is 15.3 Å². The van der Waals surface area contributed by atoms with Crippen LogP contribution in [0.1, 0.15) is 24.8 Å². The van der Waals surface area contributed by atoms with Gasteiger partial charge in [0.05, 0.1) is 24.6 Å². The summed E-state index contributed by atoms with van der Waals surface area (Å²) >= 11 is 0. The summed E-state index contributed by atoms with van der Waals surface area (Å²) in [6, 6.07) is 4.50. The maximum absolute atomic E-state index is 14.5. The zero-order valence-corrected chi connectivity index (χ0v) is 18.0. The molecule has 26 heavy (non-hydrogen) atoms. The topological polar surface area (TPSA) is 84.9 Å². The molecule has 0 spiro atoms. The zero-order valence-electron chi connectivity index (χ0n) is 14.4. The van der Waals surface area contributed by atoms with Crippen molar-refractivity contribution in [2.75, 3.05) is 30.3 Å². The van der Waals surface area contributed by atoms with Gasteiger partial charge in [-0.05, 0) is 24.1 Å². The van der Waals surface area contributed by atoms with Crippen LogP contribution in [0.3, 0.4) is 0 Å². The van der Waals surface area contributed by atoms with E-state index in [9.17, 15) is 17.6 Å². The molecule has 0 aliphatic carbocycles. The largest absolute Gasteiger partial charge is 0.467 e. The van der Waals surface area contributed by atoms with Crippen LogP contribution in [0.5, 0.6) is 0 Å². The van der Waals surface area contributed by atoms with Crippen molar-refractivity contribution in [1.29, 1.82) is 0 Å². The Bertz CT molecular complexity index is 747. The predicted molar refractivity (Wildman–Crippen MR) is 89.1 cm³/mol. The molecule has 3 rings (SSSR count). The van der Waals surface area contributed by atoms with Crippen molar-refractivity contribution >= 4 is 21.9 Å². The van der Waals surface area contributed by atoms with Crippen molar-refractivity contribution in [1.82, 2.24) is 5.32 Å². The van der Waals surface area contributed by atoms with Crippen LogP contribution in [0.15, 0.2) is 18.2 Å². The number of carbonyl (C=O) groups excluding carboxylic acids is 1. The predicted octanol–water partition coefficient (Wildman–Crippen LogP) is 1.75. The molecule has 2 aliphatic heterocycles. The van der Waals surface area contributed by atoms with Gasteiger partial charge in [-0.1, -0.05) is 6.07 Å². The first-order valence-electron chi connectivity index (χ1n) is 8.05. The molecule has 2 saturated heterocycles. The molecule has 10 heteroatoms. The van der Waals surface area contributed by atoms with Crippen LogP contribution in [0.4, 0.5) is 14.9 Å². The normalized spacial score (nSPS) is 24.8. The first-order valence-corrected chi connectivity index (χ1v) is 9.63. The first-order chi connectivity index (χ1) is 11.9. The van der Waals surface area contributed by atoms with Gasteiger partial charge in [-0.3, -0.25) is 15.6 Å². The van der Waals surface area contributed by atoms with Crippen LogP contribution in [-0.2, 0) is 51.7 Å². The molecule has 0 aromatic heterocycles. The molecule has 2 heterocycles. The maximum Gasteiger partial charge on any atom is 0.414 e. The number of ether oxygens (including phenoxy) is 1. The van der Waals surface area contributed by atoms with Crippen LogP contribution in [-0.4, -0.2) is 46.1 Å². The molecule has 1 unspecified atom stereocenters. The van der Waals surface area contributed by atoms with Gasteiger partial charge in [0, 0.05) is 45.2 Å². The number of benzene rings is 1. The number of rotatable bonds is 5. The van der Waals surface area contributed by atoms with E-state index in [-0.39, 0.29) is 57.1 Å². The number of anilines is 1. The Kier molecular flexibility index (Phi) is 7.56. The Hall–Kier alpha value is -0.606. The monoisotopic (exact) mass is 460 g/mol. The third-order valence-electron chi connectivity index (χ3n) is 4.32. The van der Waals surface area contributed by atoms with Gasteiger partial charge in [0.15, 0.2) is 0 Å². The van der Waals surface area contributed by atoms with E-state index in [0.29, 0.717) is 30.8 Å². The van der Waals surface area contributed by atoms with Crippen LogP contribution < -0.4 is 10.2 Å². The van der Waals surface area contributed by atoms with Gasteiger partial charge in [-0.15, -0.1) is 0 Å². The summed E-state index contributed by atoms with van der Waals surface area (Å²) in [6.45, 7) is 4.36. The summed E-state index contributed by atoms with van der Waals surface area (Å²) in [6.07, 6.45) is -0.503. The van der Waals surface area contributed by atoms with Crippen molar-refractivity contribution in [3.63, 3.8) is 0 Å². The fourth-order valence-corrected chi connectivity index (χ4v) is 4.03. The van der Waals surface area contributed by atoms with Crippen LogP contribution in [0.2, 0.25) is 0 Å². The molecule has 0 saturated carbocycles. The van der Waals surface area contributed by atoms with Crippen molar-refractivity contribution in [3.8, 4) is 0 Å². The van der Waals surface area contributed by atoms with E-state index in [4.69, 9.17) is 8.92 Å². The summed E-state index contributed by atoms with van der Waals surface area (Å²) in [5.74, 6) is -0.928. The van der Waals surface area contributed by atoms with Crippen molar-refractivity contribution in [3.05, 3.63) is 36.1 Å². The number of halogens is 1. The van der Waals surface area contributed by atoms with Crippen LogP contribution >= 0.6 is 0 Å². The molecule has 7 nitrogen and oxygen atoms in total. The number of nitrogens with one attached hydrogen (secondary N) is 1. The number of hydrogen-bond acceptors (Lipinski definition) is 6. The minimum absolute atomic E-state index is 0. The van der Waals surface area contributed by atoms with Gasteiger partial charge in [0.1, 0.15) is 11.9 Å². The van der Waals surface area contributed by atoms with E-state index in [1.807, 2.05) is 6.92 Å². The minimum Gasteiger partial charge on any atom is -0.467 e. The quantitative estimate of drug-likeness (QED) is 0.533. The Morgan fingerprint density at radius 1 is 1.42 bits per heavy atom. The van der Waals surface area contributed by atoms with Gasteiger partial charge >= 0.3 is 6.09 Å². The fourth-order valence-electron chi connectivity index (χ4n) is 2.96. The first kappa shape index (κ1) is 21.7. The van der Waals surface area contributed by atoms with E-state index >= 15 is 0 Å². The van der Waals surface area contributed by atoms with E-state index < -0.39 is 22.0 Å². The third-order valence-corrected chi connectivity index (χ3v) is 5.56. The molecule has 2 fully saturated rings. The molecule has 2 atom stereocenters. The molecule has 1 amide bonds. The molecule has 1 N–H and O–H groups in total. The second-order valence-electron chi connectivity index (χ2n) is 6.05. The van der Waals surface area contributed by atoms with Crippen LogP contribution in [0.25, 0.3) is 0 Å². The number of amides is 1. The number of carbonyl (C=O) groups is 1. The molecule has 1 radical (unpaired) electrons. The van der Waals surface area contributed by atoms with Gasteiger partial charge in [0.2, 0.25) is 0 Å². The van der Waals surface area contributed by atoms with E-state index in [1.54, 1.807) is 18.7 Å². The van der Waals surface area contributed by atoms with E-state index in [2.05, 4.69) is 5.32 Å². The molecule has 141 valence electrons. The smallest absolute Gasteiger partial charge is 0.414 e. The Morgan fingerprint density at radius 2 is 2.19 bits per heavy atom. The number of cyclic esters (lactones) is 1. The van der Waals surface area contributed by atoms with Crippen molar-refractivity contribution in [2.45, 2.75) is 25.4 Å². The summed E-state index contributed by atoms with van der Waals surface area (Å²) in [5, 5.41) is 2.99. The molecular weight excluding hydrogens is 440 g/mol. The summed E-state index contributed by atoms with van der Waals surface area (Å²) in [4.78, 5) is 13.4. The number of hydrogen-bond donors (Lipinski definition) is 1. The third kappa shape index (κ3) is 5.01. The SMILES string of the molecule is C[CH-]NC[C@H]1CN(c2ccc(C3CCS(=O)(=O)OC3)c(F)c2)C(=O)O1.[Y]. The molecule has 2 aliphatic rings. The Balaban J connectivity index is 0.00000243. The average Bonchev–Trinajstić information content (AvgIpc) is 2.94. The Morgan fingerprint density at radius 3 is 2.81 bits per heavy atom. The second kappa shape index (κ2) is 9.06. The Labute approximate surface area is 177 Å². The average molecular weight is 460 g/mol. The van der Waals surface area contributed by atoms with Crippen molar-refractivity contribution < 1.29 is 59.2 Å². The van der Waals surface area contributed by atoms with Crippen LogP contribution in [0, 0.1) is 12.4 Å².